The first-order chi connectivity index (χ1) is 13.1. The Morgan fingerprint density at radius 2 is 1.30 bits per heavy atom. The summed E-state index contributed by atoms with van der Waals surface area (Å²) < 4.78 is 5.13. The lowest BCUT2D eigenvalue weighted by Crippen LogP contribution is -1.86. The number of hydrogen-bond donors (Lipinski definition) is 0. The van der Waals surface area contributed by atoms with Gasteiger partial charge in [-0.15, -0.1) is 0 Å². The molecule has 0 spiro atoms. The maximum absolute atomic E-state index is 5.13. The molecule has 0 unspecified atom stereocenters. The van der Waals surface area contributed by atoms with E-state index in [4.69, 9.17) is 4.74 Å². The average molecular weight is 366 g/mol. The van der Waals surface area contributed by atoms with Crippen LogP contribution in [0.15, 0.2) is 67.0 Å². The number of pyridine rings is 1. The third kappa shape index (κ3) is 8.54. The smallest absolute Gasteiger partial charge is 0.122 e. The van der Waals surface area contributed by atoms with Crippen LogP contribution in [0.25, 0.3) is 11.1 Å². The fourth-order valence-corrected chi connectivity index (χ4v) is 2.36. The van der Waals surface area contributed by atoms with E-state index >= 15 is 0 Å². The lowest BCUT2D eigenvalue weighted by molar-refractivity contribution is 0.411. The zero-order valence-electron chi connectivity index (χ0n) is 18.2. The Bertz CT molecular complexity index is 751. The van der Waals surface area contributed by atoms with E-state index in [0.717, 1.165) is 5.75 Å². The molecule has 0 aliphatic heterocycles. The molecule has 2 aromatic carbocycles. The van der Waals surface area contributed by atoms with Crippen molar-refractivity contribution in [1.29, 1.82) is 0 Å². The Kier molecular flexibility index (Phi) is 13.1. The summed E-state index contributed by atoms with van der Waals surface area (Å²) in [5.41, 5.74) is 6.24. The Labute approximate surface area is 166 Å². The third-order valence-electron chi connectivity index (χ3n) is 3.70. The van der Waals surface area contributed by atoms with E-state index in [1.807, 2.05) is 65.2 Å². The predicted octanol–water partition coefficient (Wildman–Crippen LogP) is 7.42. The topological polar surface area (TPSA) is 22.1 Å². The summed E-state index contributed by atoms with van der Waals surface area (Å²) in [7, 11) is 1.70. The number of methoxy groups -OCH3 is 1. The quantitative estimate of drug-likeness (QED) is 0.471. The molecular formula is C25H35NO. The standard InChI is InChI=1S/C12H11N.C9H12O.2C2H6/c1-10-4-2-3-5-12(10)11-6-8-13-9-7-11;1-7-4-5-8(2)9(6-7)10-3;2*1-2/h2-9H,1H3;4-6H,1-3H3;2*1-2H3. The van der Waals surface area contributed by atoms with Crippen molar-refractivity contribution >= 4 is 0 Å². The summed E-state index contributed by atoms with van der Waals surface area (Å²) in [6, 6.07) is 18.6. The Balaban J connectivity index is 0.000000434. The molecule has 3 aromatic rings. The molecule has 0 N–H and O–H groups in total. The number of ether oxygens (including phenoxy) is 1. The van der Waals surface area contributed by atoms with Gasteiger partial charge in [0.2, 0.25) is 0 Å². The first-order valence-corrected chi connectivity index (χ1v) is 9.69. The van der Waals surface area contributed by atoms with Crippen LogP contribution in [0.1, 0.15) is 44.4 Å². The second kappa shape index (κ2) is 14.5. The number of benzene rings is 2. The second-order valence-corrected chi connectivity index (χ2v) is 5.52. The van der Waals surface area contributed by atoms with E-state index in [-0.39, 0.29) is 0 Å². The van der Waals surface area contributed by atoms with Crippen molar-refractivity contribution in [1.82, 2.24) is 4.98 Å². The fourth-order valence-electron chi connectivity index (χ4n) is 2.36. The molecule has 0 saturated carbocycles. The normalized spacial score (nSPS) is 8.74. The molecule has 27 heavy (non-hydrogen) atoms. The van der Waals surface area contributed by atoms with Gasteiger partial charge in [0.1, 0.15) is 5.75 Å². The summed E-state index contributed by atoms with van der Waals surface area (Å²) in [6.45, 7) is 14.2. The van der Waals surface area contributed by atoms with Crippen LogP contribution in [-0.2, 0) is 0 Å². The minimum atomic E-state index is 0.972. The molecule has 1 heterocycles. The van der Waals surface area contributed by atoms with Crippen molar-refractivity contribution < 1.29 is 4.74 Å². The van der Waals surface area contributed by atoms with Crippen LogP contribution in [0.4, 0.5) is 0 Å². The molecular weight excluding hydrogens is 330 g/mol. The van der Waals surface area contributed by atoms with E-state index in [1.165, 1.54) is 27.8 Å². The van der Waals surface area contributed by atoms with Crippen molar-refractivity contribution in [3.05, 3.63) is 83.7 Å². The Hall–Kier alpha value is -2.61. The van der Waals surface area contributed by atoms with E-state index < -0.39 is 0 Å². The Morgan fingerprint density at radius 3 is 1.81 bits per heavy atom. The van der Waals surface area contributed by atoms with Gasteiger partial charge in [-0.25, -0.2) is 0 Å². The van der Waals surface area contributed by atoms with Crippen LogP contribution in [0.2, 0.25) is 0 Å². The fraction of sp³-hybridized carbons (Fsp3) is 0.320. The zero-order chi connectivity index (χ0) is 20.7. The number of nitrogens with zero attached hydrogens (tertiary/aromatic N) is 1. The molecule has 2 heteroatoms. The van der Waals surface area contributed by atoms with Crippen LogP contribution in [0, 0.1) is 20.8 Å². The molecule has 0 bridgehead atoms. The predicted molar refractivity (Wildman–Crippen MR) is 120 cm³/mol. The Morgan fingerprint density at radius 1 is 0.704 bits per heavy atom. The van der Waals surface area contributed by atoms with Gasteiger partial charge in [-0.2, -0.15) is 0 Å². The summed E-state index contributed by atoms with van der Waals surface area (Å²) >= 11 is 0. The van der Waals surface area contributed by atoms with Gasteiger partial charge in [-0.05, 0) is 66.8 Å². The molecule has 0 aliphatic rings. The van der Waals surface area contributed by atoms with Gasteiger partial charge in [0, 0.05) is 12.4 Å². The number of rotatable bonds is 2. The summed E-state index contributed by atoms with van der Waals surface area (Å²) in [5, 5.41) is 0. The van der Waals surface area contributed by atoms with Crippen LogP contribution >= 0.6 is 0 Å². The summed E-state index contributed by atoms with van der Waals surface area (Å²) in [5.74, 6) is 0.972. The second-order valence-electron chi connectivity index (χ2n) is 5.52. The van der Waals surface area contributed by atoms with Gasteiger partial charge < -0.3 is 4.74 Å². The highest BCUT2D eigenvalue weighted by Crippen LogP contribution is 2.21. The van der Waals surface area contributed by atoms with E-state index in [9.17, 15) is 0 Å². The maximum Gasteiger partial charge on any atom is 0.122 e. The molecule has 0 amide bonds. The van der Waals surface area contributed by atoms with Gasteiger partial charge in [-0.3, -0.25) is 4.98 Å². The lowest BCUT2D eigenvalue weighted by Gasteiger charge is -2.03. The van der Waals surface area contributed by atoms with E-state index in [1.54, 1.807) is 7.11 Å². The highest BCUT2D eigenvalue weighted by molar-refractivity contribution is 5.66. The van der Waals surface area contributed by atoms with Gasteiger partial charge in [0.25, 0.3) is 0 Å². The van der Waals surface area contributed by atoms with Crippen molar-refractivity contribution in [2.24, 2.45) is 0 Å². The van der Waals surface area contributed by atoms with Crippen molar-refractivity contribution in [2.45, 2.75) is 48.5 Å². The molecule has 0 aliphatic carbocycles. The molecule has 3 rings (SSSR count). The van der Waals surface area contributed by atoms with Gasteiger partial charge in [0.05, 0.1) is 7.11 Å². The molecule has 1 aromatic heterocycles. The van der Waals surface area contributed by atoms with Crippen LogP contribution in [0.3, 0.4) is 0 Å². The molecule has 0 radical (unpaired) electrons. The molecule has 0 atom stereocenters. The third-order valence-corrected chi connectivity index (χ3v) is 3.70. The number of aromatic nitrogens is 1. The molecule has 146 valence electrons. The van der Waals surface area contributed by atoms with Gasteiger partial charge in [0.15, 0.2) is 0 Å². The molecule has 0 fully saturated rings. The average Bonchev–Trinajstić information content (AvgIpc) is 2.74. The van der Waals surface area contributed by atoms with Gasteiger partial charge >= 0.3 is 0 Å². The number of aryl methyl sites for hydroxylation is 3. The summed E-state index contributed by atoms with van der Waals surface area (Å²) in [4.78, 5) is 4.00. The first kappa shape index (κ1) is 24.4. The van der Waals surface area contributed by atoms with Crippen molar-refractivity contribution in [2.75, 3.05) is 7.11 Å². The van der Waals surface area contributed by atoms with E-state index in [0.29, 0.717) is 0 Å². The van der Waals surface area contributed by atoms with Crippen LogP contribution in [-0.4, -0.2) is 12.1 Å². The van der Waals surface area contributed by atoms with Crippen LogP contribution in [0.5, 0.6) is 5.75 Å². The SMILES string of the molecule is CC.CC.COc1cc(C)ccc1C.Cc1ccccc1-c1ccncc1. The highest BCUT2D eigenvalue weighted by atomic mass is 16.5. The highest BCUT2D eigenvalue weighted by Gasteiger charge is 1.98. The largest absolute Gasteiger partial charge is 0.496 e. The van der Waals surface area contributed by atoms with Crippen LogP contribution < -0.4 is 4.74 Å². The van der Waals surface area contributed by atoms with Gasteiger partial charge in [-0.1, -0.05) is 64.1 Å². The van der Waals surface area contributed by atoms with Crippen molar-refractivity contribution in [3.63, 3.8) is 0 Å². The molecule has 2 nitrogen and oxygen atoms in total. The van der Waals surface area contributed by atoms with E-state index in [2.05, 4.69) is 55.2 Å². The number of hydrogen-bond acceptors (Lipinski definition) is 2. The first-order valence-electron chi connectivity index (χ1n) is 9.69. The van der Waals surface area contributed by atoms with Crippen molar-refractivity contribution in [3.8, 4) is 16.9 Å². The summed E-state index contributed by atoms with van der Waals surface area (Å²) in [6.07, 6.45) is 3.64. The maximum atomic E-state index is 5.13. The molecule has 0 saturated heterocycles. The lowest BCUT2D eigenvalue weighted by atomic mass is 10.0. The minimum Gasteiger partial charge on any atom is -0.496 e. The zero-order valence-corrected chi connectivity index (χ0v) is 18.2. The monoisotopic (exact) mass is 365 g/mol. The minimum absolute atomic E-state index is 0.972.